The third-order valence-electron chi connectivity index (χ3n) is 4.96. The van der Waals surface area contributed by atoms with Gasteiger partial charge in [0.25, 0.3) is 0 Å². The van der Waals surface area contributed by atoms with Crippen LogP contribution >= 0.6 is 11.8 Å². The number of benzene rings is 1. The summed E-state index contributed by atoms with van der Waals surface area (Å²) >= 11 is 1.54. The van der Waals surface area contributed by atoms with Gasteiger partial charge >= 0.3 is 0 Å². The highest BCUT2D eigenvalue weighted by Crippen LogP contribution is 2.23. The molecule has 2 atom stereocenters. The maximum atomic E-state index is 12.3. The number of nitrogens with one attached hydrogen (secondary N) is 3. The average Bonchev–Trinajstić information content (AvgIpc) is 2.72. The van der Waals surface area contributed by atoms with Crippen LogP contribution in [0.4, 0.5) is 5.95 Å². The maximum Gasteiger partial charge on any atom is 0.226 e. The van der Waals surface area contributed by atoms with Crippen molar-refractivity contribution >= 4 is 34.5 Å². The van der Waals surface area contributed by atoms with Gasteiger partial charge in [-0.1, -0.05) is 11.8 Å². The second-order valence-corrected chi connectivity index (χ2v) is 8.69. The Labute approximate surface area is 191 Å². The number of ether oxygens (including phenoxy) is 1. The number of carbonyl (C=O) groups excluding carboxylic acids is 1. The molecule has 2 aromatic heterocycles. The fraction of sp³-hybridized carbons (Fsp3) is 0.409. The van der Waals surface area contributed by atoms with E-state index in [0.29, 0.717) is 24.7 Å². The molecule has 1 fully saturated rings. The lowest BCUT2D eigenvalue weighted by Gasteiger charge is -2.31. The van der Waals surface area contributed by atoms with Gasteiger partial charge in [0.1, 0.15) is 5.75 Å². The minimum atomic E-state index is -0.471. The molecule has 0 saturated carbocycles. The Balaban J connectivity index is 1.43. The summed E-state index contributed by atoms with van der Waals surface area (Å²) < 4.78 is 5.57. The highest BCUT2D eigenvalue weighted by molar-refractivity contribution is 7.99. The summed E-state index contributed by atoms with van der Waals surface area (Å²) in [5.41, 5.74) is 3.52. The van der Waals surface area contributed by atoms with E-state index in [9.17, 15) is 4.79 Å². The SMILES string of the molecule is CCOc1ccc2nc(NC3NC(=O)CC(CSc4nc(C)cc(C)n4)N3)nc(C)c2c1. The number of rotatable bonds is 7. The number of amides is 1. The Bertz CT molecular complexity index is 1120. The Morgan fingerprint density at radius 1 is 1.12 bits per heavy atom. The normalized spacial score (nSPS) is 18.4. The van der Waals surface area contributed by atoms with E-state index in [1.54, 1.807) is 0 Å². The molecule has 1 aromatic carbocycles. The first-order valence-corrected chi connectivity index (χ1v) is 11.6. The van der Waals surface area contributed by atoms with Gasteiger partial charge in [0.15, 0.2) is 11.4 Å². The number of carbonyl (C=O) groups is 1. The monoisotopic (exact) mass is 453 g/mol. The zero-order valence-electron chi connectivity index (χ0n) is 18.6. The van der Waals surface area contributed by atoms with Crippen LogP contribution < -0.4 is 20.7 Å². The van der Waals surface area contributed by atoms with Crippen molar-refractivity contribution in [3.63, 3.8) is 0 Å². The molecule has 10 heteroatoms. The summed E-state index contributed by atoms with van der Waals surface area (Å²) in [6.07, 6.45) is -0.0880. The first kappa shape index (κ1) is 22.2. The lowest BCUT2D eigenvalue weighted by Crippen LogP contribution is -2.60. The predicted octanol–water partition coefficient (Wildman–Crippen LogP) is 2.71. The maximum absolute atomic E-state index is 12.3. The Morgan fingerprint density at radius 2 is 1.91 bits per heavy atom. The van der Waals surface area contributed by atoms with Gasteiger partial charge in [-0.25, -0.2) is 19.9 Å². The molecule has 2 unspecified atom stereocenters. The van der Waals surface area contributed by atoms with Crippen molar-refractivity contribution < 1.29 is 9.53 Å². The first-order valence-electron chi connectivity index (χ1n) is 10.6. The molecule has 0 bridgehead atoms. The molecule has 32 heavy (non-hydrogen) atoms. The van der Waals surface area contributed by atoms with Gasteiger partial charge in [0.2, 0.25) is 11.9 Å². The lowest BCUT2D eigenvalue weighted by atomic mass is 10.2. The summed E-state index contributed by atoms with van der Waals surface area (Å²) in [6.45, 7) is 8.39. The van der Waals surface area contributed by atoms with E-state index in [2.05, 4.69) is 35.9 Å². The molecule has 3 N–H and O–H groups in total. The van der Waals surface area contributed by atoms with E-state index < -0.39 is 6.29 Å². The van der Waals surface area contributed by atoms with Crippen LogP contribution in [-0.4, -0.2) is 50.5 Å². The lowest BCUT2D eigenvalue weighted by molar-refractivity contribution is -0.123. The van der Waals surface area contributed by atoms with E-state index in [1.165, 1.54) is 11.8 Å². The fourth-order valence-corrected chi connectivity index (χ4v) is 4.59. The number of fused-ring (bicyclic) bond motifs is 1. The summed E-state index contributed by atoms with van der Waals surface area (Å²) in [4.78, 5) is 30.4. The van der Waals surface area contributed by atoms with E-state index in [0.717, 1.165) is 38.9 Å². The van der Waals surface area contributed by atoms with Crippen molar-refractivity contribution in [2.45, 2.75) is 51.6 Å². The summed E-state index contributed by atoms with van der Waals surface area (Å²) in [5.74, 6) is 1.88. The molecule has 9 nitrogen and oxygen atoms in total. The Hall–Kier alpha value is -2.98. The number of hydrogen-bond donors (Lipinski definition) is 3. The molecule has 1 saturated heterocycles. The van der Waals surface area contributed by atoms with Gasteiger partial charge in [0, 0.05) is 35.0 Å². The molecule has 1 aliphatic rings. The van der Waals surface area contributed by atoms with Crippen molar-refractivity contribution in [1.82, 2.24) is 30.6 Å². The topological polar surface area (TPSA) is 114 Å². The number of hydrogen-bond acceptors (Lipinski definition) is 9. The van der Waals surface area contributed by atoms with Gasteiger partial charge < -0.3 is 15.4 Å². The van der Waals surface area contributed by atoms with Gasteiger partial charge in [-0.15, -0.1) is 0 Å². The van der Waals surface area contributed by atoms with E-state index >= 15 is 0 Å². The molecule has 3 aromatic rings. The summed E-state index contributed by atoms with van der Waals surface area (Å²) in [6, 6.07) is 7.66. The van der Waals surface area contributed by atoms with Crippen molar-refractivity contribution in [3.05, 3.63) is 41.3 Å². The van der Waals surface area contributed by atoms with Crippen LogP contribution in [0.25, 0.3) is 10.9 Å². The van der Waals surface area contributed by atoms with Crippen LogP contribution in [0.5, 0.6) is 5.75 Å². The Morgan fingerprint density at radius 3 is 2.66 bits per heavy atom. The molecule has 3 heterocycles. The molecule has 0 spiro atoms. The van der Waals surface area contributed by atoms with Crippen molar-refractivity contribution in [2.75, 3.05) is 17.7 Å². The minimum Gasteiger partial charge on any atom is -0.494 e. The van der Waals surface area contributed by atoms with Gasteiger partial charge in [-0.05, 0) is 52.0 Å². The fourth-order valence-electron chi connectivity index (χ4n) is 3.61. The van der Waals surface area contributed by atoms with Crippen LogP contribution in [0.2, 0.25) is 0 Å². The third-order valence-corrected chi connectivity index (χ3v) is 5.97. The largest absolute Gasteiger partial charge is 0.494 e. The quantitative estimate of drug-likeness (QED) is 0.367. The van der Waals surface area contributed by atoms with E-state index in [-0.39, 0.29) is 11.9 Å². The number of anilines is 1. The van der Waals surface area contributed by atoms with Crippen LogP contribution in [0, 0.1) is 20.8 Å². The molecule has 1 aliphatic heterocycles. The molecule has 4 rings (SSSR count). The highest BCUT2D eigenvalue weighted by Gasteiger charge is 2.26. The van der Waals surface area contributed by atoms with Gasteiger partial charge in [-0.3, -0.25) is 10.1 Å². The molecule has 0 aliphatic carbocycles. The smallest absolute Gasteiger partial charge is 0.226 e. The molecular weight excluding hydrogens is 426 g/mol. The van der Waals surface area contributed by atoms with Crippen LogP contribution in [0.15, 0.2) is 29.4 Å². The second-order valence-electron chi connectivity index (χ2n) is 7.70. The second kappa shape index (κ2) is 9.66. The standard InChI is InChI=1S/C22H27N7O2S/c1-5-31-16-6-7-18-17(10-16)14(4)25-20(27-18)29-21-26-15(9-19(30)28-21)11-32-22-23-12(2)8-13(3)24-22/h6-8,10,15,21,26H,5,9,11H2,1-4H3,(H,28,30)(H,25,27,29). The van der Waals surface area contributed by atoms with Crippen molar-refractivity contribution in [2.24, 2.45) is 0 Å². The molecule has 0 radical (unpaired) electrons. The van der Waals surface area contributed by atoms with Gasteiger partial charge in [-0.2, -0.15) is 0 Å². The number of aryl methyl sites for hydroxylation is 3. The molecule has 168 valence electrons. The summed E-state index contributed by atoms with van der Waals surface area (Å²) in [7, 11) is 0. The van der Waals surface area contributed by atoms with Crippen LogP contribution in [0.1, 0.15) is 30.4 Å². The zero-order valence-corrected chi connectivity index (χ0v) is 19.4. The third kappa shape index (κ3) is 5.43. The first-order chi connectivity index (χ1) is 15.4. The van der Waals surface area contributed by atoms with Crippen molar-refractivity contribution in [3.8, 4) is 5.75 Å². The Kier molecular flexibility index (Phi) is 6.71. The van der Waals surface area contributed by atoms with E-state index in [4.69, 9.17) is 4.74 Å². The van der Waals surface area contributed by atoms with E-state index in [1.807, 2.05) is 52.0 Å². The average molecular weight is 454 g/mol. The minimum absolute atomic E-state index is 0.0351. The zero-order chi connectivity index (χ0) is 22.7. The molecular formula is C22H27N7O2S. The van der Waals surface area contributed by atoms with Crippen LogP contribution in [0.3, 0.4) is 0 Å². The number of thioether (sulfide) groups is 1. The summed E-state index contributed by atoms with van der Waals surface area (Å²) in [5, 5.41) is 11.2. The molecule has 1 amide bonds. The van der Waals surface area contributed by atoms with Gasteiger partial charge in [0.05, 0.1) is 17.8 Å². The number of aromatic nitrogens is 4. The number of nitrogens with zero attached hydrogens (tertiary/aromatic N) is 4. The highest BCUT2D eigenvalue weighted by atomic mass is 32.2. The predicted molar refractivity (Wildman–Crippen MR) is 125 cm³/mol. The van der Waals surface area contributed by atoms with Crippen molar-refractivity contribution in [1.29, 1.82) is 0 Å². The van der Waals surface area contributed by atoms with Crippen LogP contribution in [-0.2, 0) is 4.79 Å².